The van der Waals surface area contributed by atoms with Gasteiger partial charge in [0.2, 0.25) is 0 Å². The lowest BCUT2D eigenvalue weighted by molar-refractivity contribution is -0.576. The minimum Gasteiger partial charge on any atom is -0.497 e. The molecular weight excluding hydrogens is 370 g/mol. The standard InChI is InChI=1S/C22H24N3O4/c1-5-29-22(27)17(15-23)14-20(25-12-10-18(11-13-25)24(2)3)21(26)16-6-8-19(28-4)9-7-16/h6-14,23H,5H2,1-4H3/q+1/b20-14-. The summed E-state index contributed by atoms with van der Waals surface area (Å²) in [4.78, 5) is 27.2. The average molecular weight is 394 g/mol. The van der Waals surface area contributed by atoms with Crippen LogP contribution in [0.2, 0.25) is 0 Å². The van der Waals surface area contributed by atoms with Crippen molar-refractivity contribution >= 4 is 29.0 Å². The van der Waals surface area contributed by atoms with Gasteiger partial charge in [-0.3, -0.25) is 10.2 Å². The van der Waals surface area contributed by atoms with Gasteiger partial charge in [-0.25, -0.2) is 4.79 Å². The normalized spacial score (nSPS) is 10.7. The van der Waals surface area contributed by atoms with Crippen molar-refractivity contribution < 1.29 is 23.6 Å². The second kappa shape index (κ2) is 10.0. The van der Waals surface area contributed by atoms with E-state index in [1.165, 1.54) is 6.08 Å². The Morgan fingerprint density at radius 3 is 2.24 bits per heavy atom. The summed E-state index contributed by atoms with van der Waals surface area (Å²) in [5.74, 6) is 1.65. The molecule has 0 aliphatic rings. The van der Waals surface area contributed by atoms with Gasteiger partial charge >= 0.3 is 5.97 Å². The topological polar surface area (TPSA) is 83.6 Å². The Labute approximate surface area is 170 Å². The summed E-state index contributed by atoms with van der Waals surface area (Å²) < 4.78 is 11.7. The number of allylic oxidation sites excluding steroid dienone is 1. The lowest BCUT2D eigenvalue weighted by atomic mass is 10.1. The Hall–Kier alpha value is -3.70. The zero-order chi connectivity index (χ0) is 21.4. The van der Waals surface area contributed by atoms with E-state index in [1.54, 1.807) is 55.3 Å². The molecule has 2 aromatic rings. The number of Topliss-reactive ketones (excluding diaryl/α,β-unsaturated/α-hetero) is 1. The Bertz CT molecular complexity index is 955. The third-order valence-electron chi connectivity index (χ3n) is 4.10. The van der Waals surface area contributed by atoms with E-state index in [4.69, 9.17) is 14.9 Å². The van der Waals surface area contributed by atoms with Gasteiger partial charge in [-0.05, 0) is 37.1 Å². The number of carbonyl (C=O) groups is 2. The molecule has 1 aromatic carbocycles. The van der Waals surface area contributed by atoms with E-state index in [-0.39, 0.29) is 23.7 Å². The molecule has 0 saturated heterocycles. The fourth-order valence-corrected chi connectivity index (χ4v) is 2.52. The summed E-state index contributed by atoms with van der Waals surface area (Å²) in [6, 6.07) is 10.3. The highest BCUT2D eigenvalue weighted by Gasteiger charge is 2.24. The van der Waals surface area contributed by atoms with E-state index < -0.39 is 5.97 Å². The second-order valence-electron chi connectivity index (χ2n) is 6.20. The molecule has 7 nitrogen and oxygen atoms in total. The van der Waals surface area contributed by atoms with Gasteiger partial charge in [-0.15, -0.1) is 0 Å². The first-order chi connectivity index (χ1) is 13.9. The largest absolute Gasteiger partial charge is 0.497 e. The fourth-order valence-electron chi connectivity index (χ4n) is 2.52. The molecule has 1 aromatic heterocycles. The fraction of sp³-hybridized carbons (Fsp3) is 0.227. The Balaban J connectivity index is 2.54. The number of hydrogen-bond donors (Lipinski definition) is 1. The molecule has 0 bridgehead atoms. The van der Waals surface area contributed by atoms with Crippen LogP contribution in [0.1, 0.15) is 17.3 Å². The Kier molecular flexibility index (Phi) is 7.46. The van der Waals surface area contributed by atoms with E-state index in [0.29, 0.717) is 11.3 Å². The van der Waals surface area contributed by atoms with Crippen LogP contribution in [0, 0.1) is 5.41 Å². The first-order valence-corrected chi connectivity index (χ1v) is 8.97. The Morgan fingerprint density at radius 2 is 1.76 bits per heavy atom. The molecule has 1 heterocycles. The molecule has 0 spiro atoms. The van der Waals surface area contributed by atoms with Gasteiger partial charge in [0.15, 0.2) is 12.4 Å². The monoisotopic (exact) mass is 394 g/mol. The second-order valence-corrected chi connectivity index (χ2v) is 6.20. The zero-order valence-corrected chi connectivity index (χ0v) is 16.9. The summed E-state index contributed by atoms with van der Waals surface area (Å²) in [6.07, 6.45) is 4.75. The van der Waals surface area contributed by atoms with E-state index >= 15 is 0 Å². The van der Waals surface area contributed by atoms with E-state index in [9.17, 15) is 9.59 Å². The van der Waals surface area contributed by atoms with Gasteiger partial charge in [-0.2, -0.15) is 4.57 Å². The predicted molar refractivity (Wildman–Crippen MR) is 110 cm³/mol. The van der Waals surface area contributed by atoms with Gasteiger partial charge in [0.05, 0.1) is 13.7 Å². The van der Waals surface area contributed by atoms with E-state index in [0.717, 1.165) is 5.69 Å². The van der Waals surface area contributed by atoms with Gasteiger partial charge in [0.1, 0.15) is 11.3 Å². The van der Waals surface area contributed by atoms with Crippen LogP contribution >= 0.6 is 0 Å². The lowest BCUT2D eigenvalue weighted by Gasteiger charge is -2.11. The molecule has 7 heteroatoms. The smallest absolute Gasteiger partial charge is 0.347 e. The van der Waals surface area contributed by atoms with Crippen molar-refractivity contribution in [1.82, 2.24) is 0 Å². The number of anilines is 1. The number of hydrogen-bond acceptors (Lipinski definition) is 6. The van der Waals surface area contributed by atoms with Crippen LogP contribution in [0.3, 0.4) is 0 Å². The molecule has 0 saturated carbocycles. The number of carbonyl (C=O) groups excluding carboxylic acids is 2. The van der Waals surface area contributed by atoms with Gasteiger partial charge in [0.25, 0.3) is 11.5 Å². The summed E-state index contributed by atoms with van der Waals surface area (Å²) in [7, 11) is 5.37. The van der Waals surface area contributed by atoms with E-state index in [1.807, 2.05) is 31.1 Å². The number of esters is 1. The van der Waals surface area contributed by atoms with Crippen LogP contribution < -0.4 is 14.2 Å². The van der Waals surface area contributed by atoms with Crippen LogP contribution in [-0.4, -0.2) is 45.4 Å². The van der Waals surface area contributed by atoms with Crippen LogP contribution in [0.4, 0.5) is 5.69 Å². The highest BCUT2D eigenvalue weighted by atomic mass is 16.5. The van der Waals surface area contributed by atoms with Crippen molar-refractivity contribution in [3.8, 4) is 5.75 Å². The SMILES string of the molecule is CCOC(=O)C(=C=N)/C=C(/C(=O)c1ccc(OC)cc1)[n+]1ccc(N(C)C)cc1. The quantitative estimate of drug-likeness (QED) is 0.186. The van der Waals surface area contributed by atoms with Crippen molar-refractivity contribution in [2.75, 3.05) is 32.7 Å². The molecular formula is C22H24N3O4+. The van der Waals surface area contributed by atoms with Crippen molar-refractivity contribution in [2.45, 2.75) is 6.92 Å². The number of rotatable bonds is 8. The predicted octanol–water partition coefficient (Wildman–Crippen LogP) is 2.51. The number of nitrogens with zero attached hydrogens (tertiary/aromatic N) is 2. The zero-order valence-electron chi connectivity index (χ0n) is 16.9. The molecule has 29 heavy (non-hydrogen) atoms. The van der Waals surface area contributed by atoms with Crippen molar-refractivity contribution in [3.63, 3.8) is 0 Å². The van der Waals surface area contributed by atoms with Gasteiger partial charge in [0, 0.05) is 43.6 Å². The molecule has 0 radical (unpaired) electrons. The molecule has 1 N–H and O–H groups in total. The number of ether oxygens (including phenoxy) is 2. The number of pyridine rings is 1. The highest BCUT2D eigenvalue weighted by Crippen LogP contribution is 2.16. The molecule has 150 valence electrons. The van der Waals surface area contributed by atoms with Crippen molar-refractivity contribution in [3.05, 3.63) is 66.0 Å². The molecule has 0 amide bonds. The van der Waals surface area contributed by atoms with Crippen molar-refractivity contribution in [2.24, 2.45) is 0 Å². The minimum absolute atomic E-state index is 0.145. The van der Waals surface area contributed by atoms with E-state index in [2.05, 4.69) is 5.87 Å². The summed E-state index contributed by atoms with van der Waals surface area (Å²) in [6.45, 7) is 1.83. The maximum absolute atomic E-state index is 13.2. The van der Waals surface area contributed by atoms with Crippen LogP contribution in [0.25, 0.3) is 5.70 Å². The maximum atomic E-state index is 13.2. The molecule has 0 fully saturated rings. The molecule has 0 unspecified atom stereocenters. The number of nitrogens with one attached hydrogen (secondary N) is 1. The third-order valence-corrected chi connectivity index (χ3v) is 4.10. The number of benzene rings is 1. The first kappa shape index (κ1) is 21.6. The summed E-state index contributed by atoms with van der Waals surface area (Å²) in [5.41, 5.74) is 1.40. The highest BCUT2D eigenvalue weighted by molar-refractivity contribution is 6.23. The number of ketones is 1. The maximum Gasteiger partial charge on any atom is 0.347 e. The molecule has 0 aliphatic carbocycles. The first-order valence-electron chi connectivity index (χ1n) is 8.97. The van der Waals surface area contributed by atoms with Crippen LogP contribution in [0.5, 0.6) is 5.75 Å². The third kappa shape index (κ3) is 5.40. The van der Waals surface area contributed by atoms with Gasteiger partial charge < -0.3 is 14.4 Å². The molecule has 0 atom stereocenters. The average Bonchev–Trinajstić information content (AvgIpc) is 2.74. The summed E-state index contributed by atoms with van der Waals surface area (Å²) >= 11 is 0. The van der Waals surface area contributed by atoms with Crippen LogP contribution in [-0.2, 0) is 9.53 Å². The molecule has 0 aliphatic heterocycles. The van der Waals surface area contributed by atoms with Crippen LogP contribution in [0.15, 0.2) is 60.4 Å². The Morgan fingerprint density at radius 1 is 1.14 bits per heavy atom. The summed E-state index contributed by atoms with van der Waals surface area (Å²) in [5, 5.41) is 7.44. The van der Waals surface area contributed by atoms with Crippen molar-refractivity contribution in [1.29, 1.82) is 5.41 Å². The number of aromatic nitrogens is 1. The van der Waals surface area contributed by atoms with Gasteiger partial charge in [-0.1, -0.05) is 0 Å². The minimum atomic E-state index is -0.715. The lowest BCUT2D eigenvalue weighted by Crippen LogP contribution is -2.36. The molecule has 2 rings (SSSR count). The number of methoxy groups -OCH3 is 1.